The van der Waals surface area contributed by atoms with Crippen LogP contribution < -0.4 is 0 Å². The van der Waals surface area contributed by atoms with Crippen LogP contribution in [-0.2, 0) is 17.7 Å². The van der Waals surface area contributed by atoms with Gasteiger partial charge in [-0.25, -0.2) is 4.79 Å². The van der Waals surface area contributed by atoms with Gasteiger partial charge < -0.3 is 14.6 Å². The molecule has 0 bridgehead atoms. The van der Waals surface area contributed by atoms with Crippen molar-refractivity contribution in [2.75, 3.05) is 6.54 Å². The molecule has 3 heterocycles. The minimum Gasteiger partial charge on any atom is -0.444 e. The molecule has 3 aromatic rings. The number of H-pyrrole nitrogens is 1. The van der Waals surface area contributed by atoms with Gasteiger partial charge in [0, 0.05) is 46.7 Å². The van der Waals surface area contributed by atoms with Crippen LogP contribution >= 0.6 is 0 Å². The largest absolute Gasteiger partial charge is 0.444 e. The van der Waals surface area contributed by atoms with E-state index in [0.717, 1.165) is 29.5 Å². The maximum Gasteiger partial charge on any atom is 0.410 e. The zero-order chi connectivity index (χ0) is 19.0. The van der Waals surface area contributed by atoms with Crippen molar-refractivity contribution in [1.29, 1.82) is 0 Å². The van der Waals surface area contributed by atoms with E-state index < -0.39 is 5.60 Å². The maximum absolute atomic E-state index is 12.6. The molecular formula is C22H25N3O2. The summed E-state index contributed by atoms with van der Waals surface area (Å²) >= 11 is 0. The number of hydrogen-bond acceptors (Lipinski definition) is 3. The van der Waals surface area contributed by atoms with Crippen molar-refractivity contribution in [3.05, 3.63) is 54.0 Å². The van der Waals surface area contributed by atoms with Crippen LogP contribution in [0.4, 0.5) is 4.79 Å². The van der Waals surface area contributed by atoms with Gasteiger partial charge in [-0.05, 0) is 57.4 Å². The summed E-state index contributed by atoms with van der Waals surface area (Å²) in [5.74, 6) is 0. The molecule has 5 nitrogen and oxygen atoms in total. The highest BCUT2D eigenvalue weighted by Gasteiger charge is 2.26. The molecule has 0 unspecified atom stereocenters. The fraction of sp³-hybridized carbons (Fsp3) is 0.364. The average Bonchev–Trinajstić information content (AvgIpc) is 2.82. The second kappa shape index (κ2) is 6.72. The zero-order valence-electron chi connectivity index (χ0n) is 16.1. The predicted molar refractivity (Wildman–Crippen MR) is 106 cm³/mol. The smallest absolute Gasteiger partial charge is 0.410 e. The number of fused-ring (bicyclic) bond motifs is 3. The molecule has 140 valence electrons. The van der Waals surface area contributed by atoms with Crippen LogP contribution in [0.5, 0.6) is 0 Å². The number of hydrogen-bond donors (Lipinski definition) is 1. The SMILES string of the molecule is CC(C)(C)OC(=O)N1CCCc2[nH]c3ccc(-c4cccnc4)cc3c2C1. The van der Waals surface area contributed by atoms with Gasteiger partial charge in [-0.2, -0.15) is 0 Å². The van der Waals surface area contributed by atoms with Gasteiger partial charge in [-0.1, -0.05) is 12.1 Å². The molecule has 1 aliphatic rings. The number of amides is 1. The second-order valence-corrected chi connectivity index (χ2v) is 8.09. The number of nitrogens with zero attached hydrogens (tertiary/aromatic N) is 2. The fourth-order valence-electron chi connectivity index (χ4n) is 3.61. The van der Waals surface area contributed by atoms with E-state index in [0.29, 0.717) is 13.1 Å². The van der Waals surface area contributed by atoms with E-state index in [1.54, 1.807) is 6.20 Å². The van der Waals surface area contributed by atoms with Gasteiger partial charge in [0.1, 0.15) is 5.60 Å². The van der Waals surface area contributed by atoms with Crippen molar-refractivity contribution in [2.24, 2.45) is 0 Å². The third kappa shape index (κ3) is 3.68. The Labute approximate surface area is 159 Å². The minimum atomic E-state index is -0.486. The topological polar surface area (TPSA) is 58.2 Å². The molecular weight excluding hydrogens is 338 g/mol. The van der Waals surface area contributed by atoms with Crippen LogP contribution in [0.2, 0.25) is 0 Å². The van der Waals surface area contributed by atoms with E-state index >= 15 is 0 Å². The van der Waals surface area contributed by atoms with Gasteiger partial charge in [0.2, 0.25) is 0 Å². The van der Waals surface area contributed by atoms with Gasteiger partial charge in [-0.3, -0.25) is 4.98 Å². The summed E-state index contributed by atoms with van der Waals surface area (Å²) in [6.07, 6.45) is 5.27. The Morgan fingerprint density at radius 1 is 1.22 bits per heavy atom. The Morgan fingerprint density at radius 3 is 2.81 bits per heavy atom. The number of pyridine rings is 1. The molecule has 0 radical (unpaired) electrons. The van der Waals surface area contributed by atoms with E-state index in [1.807, 2.05) is 37.9 Å². The van der Waals surface area contributed by atoms with E-state index in [4.69, 9.17) is 4.74 Å². The number of carbonyl (C=O) groups is 1. The summed E-state index contributed by atoms with van der Waals surface area (Å²) < 4.78 is 5.60. The fourth-order valence-corrected chi connectivity index (χ4v) is 3.61. The van der Waals surface area contributed by atoms with Crippen molar-refractivity contribution in [3.8, 4) is 11.1 Å². The molecule has 5 heteroatoms. The highest BCUT2D eigenvalue weighted by atomic mass is 16.6. The number of aryl methyl sites for hydroxylation is 1. The third-order valence-electron chi connectivity index (χ3n) is 4.84. The molecule has 1 aromatic carbocycles. The molecule has 0 saturated heterocycles. The highest BCUT2D eigenvalue weighted by Crippen LogP contribution is 2.31. The van der Waals surface area contributed by atoms with E-state index in [9.17, 15) is 4.79 Å². The molecule has 0 spiro atoms. The van der Waals surface area contributed by atoms with Crippen LogP contribution in [0.1, 0.15) is 38.4 Å². The van der Waals surface area contributed by atoms with Crippen LogP contribution in [0.25, 0.3) is 22.0 Å². The van der Waals surface area contributed by atoms with Gasteiger partial charge in [0.25, 0.3) is 0 Å². The van der Waals surface area contributed by atoms with Gasteiger partial charge in [-0.15, -0.1) is 0 Å². The first-order valence-electron chi connectivity index (χ1n) is 9.42. The lowest BCUT2D eigenvalue weighted by atomic mass is 10.0. The Balaban J connectivity index is 1.70. The molecule has 2 aromatic heterocycles. The molecule has 0 saturated carbocycles. The van der Waals surface area contributed by atoms with E-state index in [2.05, 4.69) is 34.2 Å². The number of rotatable bonds is 1. The summed E-state index contributed by atoms with van der Waals surface area (Å²) in [4.78, 5) is 22.2. The first-order valence-corrected chi connectivity index (χ1v) is 9.42. The Morgan fingerprint density at radius 2 is 2.07 bits per heavy atom. The van der Waals surface area contributed by atoms with Crippen LogP contribution in [0, 0.1) is 0 Å². The van der Waals surface area contributed by atoms with E-state index in [-0.39, 0.29) is 6.09 Å². The Bertz CT molecular complexity index is 970. The summed E-state index contributed by atoms with van der Waals surface area (Å²) in [7, 11) is 0. The molecule has 1 aliphatic heterocycles. The Kier molecular flexibility index (Phi) is 4.38. The molecule has 1 N–H and O–H groups in total. The standard InChI is InChI=1S/C22H25N3O2/c1-22(2,3)27-21(26)25-11-5-7-19-18(14-25)17-12-15(8-9-20(17)24-19)16-6-4-10-23-13-16/h4,6,8-10,12-13,24H,5,7,11,14H2,1-3H3. The molecule has 27 heavy (non-hydrogen) atoms. The second-order valence-electron chi connectivity index (χ2n) is 8.09. The zero-order valence-corrected chi connectivity index (χ0v) is 16.1. The van der Waals surface area contributed by atoms with Gasteiger partial charge >= 0.3 is 6.09 Å². The lowest BCUT2D eigenvalue weighted by Gasteiger charge is -2.26. The highest BCUT2D eigenvalue weighted by molar-refractivity contribution is 5.89. The van der Waals surface area contributed by atoms with Crippen molar-refractivity contribution < 1.29 is 9.53 Å². The molecule has 0 atom stereocenters. The van der Waals surface area contributed by atoms with E-state index in [1.165, 1.54) is 16.6 Å². The van der Waals surface area contributed by atoms with Crippen molar-refractivity contribution in [3.63, 3.8) is 0 Å². The monoisotopic (exact) mass is 363 g/mol. The number of benzene rings is 1. The predicted octanol–water partition coefficient (Wildman–Crippen LogP) is 4.91. The first-order chi connectivity index (χ1) is 12.9. The van der Waals surface area contributed by atoms with Gasteiger partial charge in [0.15, 0.2) is 0 Å². The summed E-state index contributed by atoms with van der Waals surface area (Å²) in [6, 6.07) is 10.4. The summed E-state index contributed by atoms with van der Waals surface area (Å²) in [5, 5.41) is 1.17. The number of nitrogens with one attached hydrogen (secondary N) is 1. The number of carbonyl (C=O) groups excluding carboxylic acids is 1. The molecule has 0 fully saturated rings. The van der Waals surface area contributed by atoms with Crippen molar-refractivity contribution in [2.45, 2.75) is 45.8 Å². The number of aromatic nitrogens is 2. The third-order valence-corrected chi connectivity index (χ3v) is 4.84. The Hall–Kier alpha value is -2.82. The van der Waals surface area contributed by atoms with Crippen LogP contribution in [0.3, 0.4) is 0 Å². The normalized spacial score (nSPS) is 14.7. The average molecular weight is 363 g/mol. The summed E-state index contributed by atoms with van der Waals surface area (Å²) in [5.41, 5.74) is 5.26. The maximum atomic E-state index is 12.6. The van der Waals surface area contributed by atoms with Crippen LogP contribution in [-0.4, -0.2) is 33.1 Å². The molecule has 0 aliphatic carbocycles. The minimum absolute atomic E-state index is 0.242. The lowest BCUT2D eigenvalue weighted by molar-refractivity contribution is 0.0237. The molecule has 1 amide bonds. The van der Waals surface area contributed by atoms with Crippen LogP contribution in [0.15, 0.2) is 42.7 Å². The van der Waals surface area contributed by atoms with Crippen molar-refractivity contribution in [1.82, 2.24) is 14.9 Å². The van der Waals surface area contributed by atoms with Crippen molar-refractivity contribution >= 4 is 17.0 Å². The first kappa shape index (κ1) is 17.6. The summed E-state index contributed by atoms with van der Waals surface area (Å²) in [6.45, 7) is 6.99. The lowest BCUT2D eigenvalue weighted by Crippen LogP contribution is -2.36. The number of ether oxygens (including phenoxy) is 1. The molecule has 4 rings (SSSR count). The number of aromatic amines is 1. The quantitative estimate of drug-likeness (QED) is 0.668. The van der Waals surface area contributed by atoms with Gasteiger partial charge in [0.05, 0.1) is 6.54 Å².